The minimum absolute atomic E-state index is 0.00778. The number of carbonyl (C=O) groups is 2. The van der Waals surface area contributed by atoms with Crippen molar-refractivity contribution in [2.75, 3.05) is 6.61 Å². The SMILES string of the molecule is Cc1ccccc1CN(C(=O)COc1ccc(I)cc1)[C@H](C)C(=O)NC(C)C. The van der Waals surface area contributed by atoms with Gasteiger partial charge in [0, 0.05) is 16.2 Å². The Hall–Kier alpha value is -2.09. The van der Waals surface area contributed by atoms with Crippen LogP contribution in [0.15, 0.2) is 48.5 Å². The first-order valence-corrected chi connectivity index (χ1v) is 10.4. The summed E-state index contributed by atoms with van der Waals surface area (Å²) in [6, 6.07) is 14.8. The average Bonchev–Trinajstić information content (AvgIpc) is 2.65. The summed E-state index contributed by atoms with van der Waals surface area (Å²) in [4.78, 5) is 27.1. The van der Waals surface area contributed by atoms with Gasteiger partial charge in [-0.1, -0.05) is 24.3 Å². The minimum Gasteiger partial charge on any atom is -0.484 e. The topological polar surface area (TPSA) is 58.6 Å². The molecular weight excluding hydrogens is 467 g/mol. The second kappa shape index (κ2) is 10.5. The van der Waals surface area contributed by atoms with Crippen LogP contribution in [-0.4, -0.2) is 35.4 Å². The second-order valence-electron chi connectivity index (χ2n) is 7.03. The maximum atomic E-state index is 13.0. The van der Waals surface area contributed by atoms with E-state index in [2.05, 4.69) is 27.9 Å². The lowest BCUT2D eigenvalue weighted by atomic mass is 10.1. The number of hydrogen-bond donors (Lipinski definition) is 1. The predicted molar refractivity (Wildman–Crippen MR) is 119 cm³/mol. The first-order valence-electron chi connectivity index (χ1n) is 9.30. The lowest BCUT2D eigenvalue weighted by Gasteiger charge is -2.29. The molecule has 150 valence electrons. The molecule has 6 heteroatoms. The lowest BCUT2D eigenvalue weighted by Crippen LogP contribution is -2.50. The van der Waals surface area contributed by atoms with Crippen molar-refractivity contribution in [2.45, 2.75) is 46.3 Å². The number of nitrogens with zero attached hydrogens (tertiary/aromatic N) is 1. The van der Waals surface area contributed by atoms with Crippen LogP contribution in [0.2, 0.25) is 0 Å². The second-order valence-corrected chi connectivity index (χ2v) is 8.28. The number of amides is 2. The maximum Gasteiger partial charge on any atom is 0.261 e. The lowest BCUT2D eigenvalue weighted by molar-refractivity contribution is -0.142. The van der Waals surface area contributed by atoms with E-state index in [4.69, 9.17) is 4.74 Å². The molecule has 0 aromatic heterocycles. The molecule has 0 saturated carbocycles. The van der Waals surface area contributed by atoms with Gasteiger partial charge in [-0.25, -0.2) is 0 Å². The molecule has 0 aliphatic heterocycles. The number of ether oxygens (including phenoxy) is 1. The molecule has 0 aliphatic carbocycles. The van der Waals surface area contributed by atoms with Crippen molar-refractivity contribution in [3.05, 3.63) is 63.2 Å². The van der Waals surface area contributed by atoms with Crippen LogP contribution >= 0.6 is 22.6 Å². The number of benzene rings is 2. The molecule has 1 N–H and O–H groups in total. The Kier molecular flexibility index (Phi) is 8.29. The molecule has 0 unspecified atom stereocenters. The third kappa shape index (κ3) is 6.51. The van der Waals surface area contributed by atoms with Crippen LogP contribution in [0.3, 0.4) is 0 Å². The molecule has 0 saturated heterocycles. The fourth-order valence-corrected chi connectivity index (χ4v) is 3.08. The van der Waals surface area contributed by atoms with Gasteiger partial charge < -0.3 is 15.0 Å². The molecule has 2 aromatic rings. The van der Waals surface area contributed by atoms with E-state index in [0.717, 1.165) is 14.7 Å². The monoisotopic (exact) mass is 494 g/mol. The Bertz CT molecular complexity index is 806. The van der Waals surface area contributed by atoms with Crippen LogP contribution in [0.1, 0.15) is 31.9 Å². The van der Waals surface area contributed by atoms with Crippen LogP contribution in [-0.2, 0) is 16.1 Å². The van der Waals surface area contributed by atoms with Crippen molar-refractivity contribution in [2.24, 2.45) is 0 Å². The van der Waals surface area contributed by atoms with Crippen molar-refractivity contribution >= 4 is 34.4 Å². The number of carbonyl (C=O) groups excluding carboxylic acids is 2. The quantitative estimate of drug-likeness (QED) is 0.567. The first kappa shape index (κ1) is 22.2. The van der Waals surface area contributed by atoms with Gasteiger partial charge in [0.2, 0.25) is 5.91 Å². The molecule has 0 bridgehead atoms. The van der Waals surface area contributed by atoms with E-state index in [9.17, 15) is 9.59 Å². The van der Waals surface area contributed by atoms with Gasteiger partial charge in [0.1, 0.15) is 11.8 Å². The molecule has 0 aliphatic rings. The van der Waals surface area contributed by atoms with Crippen LogP contribution in [0, 0.1) is 10.5 Å². The standard InChI is InChI=1S/C22H27IN2O3/c1-15(2)24-22(27)17(4)25(13-18-8-6-5-7-16(18)3)21(26)14-28-20-11-9-19(23)10-12-20/h5-12,15,17H,13-14H2,1-4H3,(H,24,27)/t17-/m1/s1. The van der Waals surface area contributed by atoms with E-state index in [1.165, 1.54) is 0 Å². The Labute approximate surface area is 180 Å². The van der Waals surface area contributed by atoms with E-state index in [1.54, 1.807) is 11.8 Å². The largest absolute Gasteiger partial charge is 0.484 e. The van der Waals surface area contributed by atoms with Crippen molar-refractivity contribution < 1.29 is 14.3 Å². The smallest absolute Gasteiger partial charge is 0.261 e. The molecule has 2 amide bonds. The molecular formula is C22H27IN2O3. The summed E-state index contributed by atoms with van der Waals surface area (Å²) in [6.45, 7) is 7.79. The number of hydrogen-bond acceptors (Lipinski definition) is 3. The highest BCUT2D eigenvalue weighted by Gasteiger charge is 2.27. The van der Waals surface area contributed by atoms with E-state index in [1.807, 2.05) is 69.3 Å². The highest BCUT2D eigenvalue weighted by atomic mass is 127. The molecule has 0 heterocycles. The molecule has 28 heavy (non-hydrogen) atoms. The maximum absolute atomic E-state index is 13.0. The molecule has 5 nitrogen and oxygen atoms in total. The van der Waals surface area contributed by atoms with Gasteiger partial charge in [0.25, 0.3) is 5.91 Å². The van der Waals surface area contributed by atoms with Crippen molar-refractivity contribution in [3.63, 3.8) is 0 Å². The fraction of sp³-hybridized carbons (Fsp3) is 0.364. The average molecular weight is 494 g/mol. The fourth-order valence-electron chi connectivity index (χ4n) is 2.72. The first-order chi connectivity index (χ1) is 13.3. The van der Waals surface area contributed by atoms with Crippen molar-refractivity contribution in [1.82, 2.24) is 10.2 Å². The van der Waals surface area contributed by atoms with Crippen LogP contribution < -0.4 is 10.1 Å². The Morgan fingerprint density at radius 2 is 1.71 bits per heavy atom. The number of nitrogens with one attached hydrogen (secondary N) is 1. The zero-order valence-electron chi connectivity index (χ0n) is 16.7. The predicted octanol–water partition coefficient (Wildman–Crippen LogP) is 3.92. The Morgan fingerprint density at radius 1 is 1.07 bits per heavy atom. The zero-order chi connectivity index (χ0) is 20.7. The van der Waals surface area contributed by atoms with Gasteiger partial charge in [-0.15, -0.1) is 0 Å². The molecule has 0 spiro atoms. The number of rotatable bonds is 8. The van der Waals surface area contributed by atoms with E-state index < -0.39 is 6.04 Å². The Balaban J connectivity index is 2.15. The van der Waals surface area contributed by atoms with Crippen LogP contribution in [0.25, 0.3) is 0 Å². The molecule has 0 radical (unpaired) electrons. The highest BCUT2D eigenvalue weighted by Crippen LogP contribution is 2.16. The number of halogens is 1. The third-order valence-corrected chi connectivity index (χ3v) is 5.10. The summed E-state index contributed by atoms with van der Waals surface area (Å²) in [5, 5.41) is 2.88. The van der Waals surface area contributed by atoms with E-state index in [-0.39, 0.29) is 24.5 Å². The van der Waals surface area contributed by atoms with Gasteiger partial charge in [0.05, 0.1) is 0 Å². The summed E-state index contributed by atoms with van der Waals surface area (Å²) in [5.74, 6) is 0.225. The summed E-state index contributed by atoms with van der Waals surface area (Å²) < 4.78 is 6.75. The molecule has 1 atom stereocenters. The minimum atomic E-state index is -0.602. The van der Waals surface area contributed by atoms with E-state index in [0.29, 0.717) is 12.3 Å². The third-order valence-electron chi connectivity index (χ3n) is 4.38. The van der Waals surface area contributed by atoms with Gasteiger partial charge in [-0.3, -0.25) is 9.59 Å². The highest BCUT2D eigenvalue weighted by molar-refractivity contribution is 14.1. The summed E-state index contributed by atoms with van der Waals surface area (Å²) in [7, 11) is 0. The molecule has 2 aromatic carbocycles. The Morgan fingerprint density at radius 3 is 2.32 bits per heavy atom. The van der Waals surface area contributed by atoms with E-state index >= 15 is 0 Å². The molecule has 0 fully saturated rings. The normalized spacial score (nSPS) is 11.8. The van der Waals surface area contributed by atoms with Gasteiger partial charge in [0.15, 0.2) is 6.61 Å². The summed E-state index contributed by atoms with van der Waals surface area (Å²) in [6.07, 6.45) is 0. The summed E-state index contributed by atoms with van der Waals surface area (Å²) >= 11 is 2.21. The van der Waals surface area contributed by atoms with Gasteiger partial charge >= 0.3 is 0 Å². The van der Waals surface area contributed by atoms with Crippen LogP contribution in [0.4, 0.5) is 0 Å². The van der Waals surface area contributed by atoms with Crippen molar-refractivity contribution in [3.8, 4) is 5.75 Å². The zero-order valence-corrected chi connectivity index (χ0v) is 18.9. The van der Waals surface area contributed by atoms with Crippen molar-refractivity contribution in [1.29, 1.82) is 0 Å². The number of aryl methyl sites for hydroxylation is 1. The molecule has 2 rings (SSSR count). The van der Waals surface area contributed by atoms with Gasteiger partial charge in [-0.2, -0.15) is 0 Å². The van der Waals surface area contributed by atoms with Gasteiger partial charge in [-0.05, 0) is 85.7 Å². The van der Waals surface area contributed by atoms with Crippen LogP contribution in [0.5, 0.6) is 5.75 Å². The summed E-state index contributed by atoms with van der Waals surface area (Å²) in [5.41, 5.74) is 2.09.